The van der Waals surface area contributed by atoms with Crippen molar-refractivity contribution in [2.24, 2.45) is 0 Å². The molecule has 0 spiro atoms. The largest absolute Gasteiger partial charge is 0.396 e. The van der Waals surface area contributed by atoms with Crippen LogP contribution in [0.15, 0.2) is 59.5 Å². The van der Waals surface area contributed by atoms with Crippen LogP contribution in [-0.2, 0) is 9.84 Å². The van der Waals surface area contributed by atoms with Crippen molar-refractivity contribution in [1.82, 2.24) is 0 Å². The average molecular weight is 344 g/mol. The Morgan fingerprint density at radius 1 is 0.750 bits per heavy atom. The topological polar surface area (TPSA) is 54.4 Å². The molecule has 0 aromatic heterocycles. The molecule has 0 saturated carbocycles. The number of aliphatic hydroxyl groups is 1. The number of sulfone groups is 1. The zero-order chi connectivity index (χ0) is 17.3. The molecule has 0 amide bonds. The van der Waals surface area contributed by atoms with Gasteiger partial charge in [0.05, 0.1) is 10.6 Å². The summed E-state index contributed by atoms with van der Waals surface area (Å²) in [5, 5.41) is 8.72. The highest BCUT2D eigenvalue weighted by Gasteiger charge is 2.13. The first kappa shape index (κ1) is 18.4. The van der Waals surface area contributed by atoms with Gasteiger partial charge in [0, 0.05) is 6.61 Å². The predicted octanol–water partition coefficient (Wildman–Crippen LogP) is 4.18. The van der Waals surface area contributed by atoms with E-state index in [1.54, 1.807) is 12.1 Å². The lowest BCUT2D eigenvalue weighted by atomic mass is 10.1. The molecule has 0 aliphatic rings. The van der Waals surface area contributed by atoms with Crippen molar-refractivity contribution in [3.63, 3.8) is 0 Å². The quantitative estimate of drug-likeness (QED) is 0.548. The molecule has 0 heterocycles. The van der Waals surface area contributed by atoms with E-state index in [9.17, 15) is 8.42 Å². The molecule has 0 fully saturated rings. The third-order valence-electron chi connectivity index (χ3n) is 3.83. The first-order valence-electron chi connectivity index (χ1n) is 8.29. The highest BCUT2D eigenvalue weighted by atomic mass is 32.2. The van der Waals surface area contributed by atoms with Crippen LogP contribution in [0.1, 0.15) is 36.8 Å². The maximum Gasteiger partial charge on any atom is 0.178 e. The Hall–Kier alpha value is -1.91. The fourth-order valence-electron chi connectivity index (χ4n) is 2.42. The van der Waals surface area contributed by atoms with Gasteiger partial charge in [-0.2, -0.15) is 0 Å². The van der Waals surface area contributed by atoms with E-state index in [2.05, 4.69) is 0 Å². The van der Waals surface area contributed by atoms with Gasteiger partial charge in [-0.3, -0.25) is 0 Å². The predicted molar refractivity (Wildman–Crippen MR) is 99.4 cm³/mol. The molecule has 0 bridgehead atoms. The summed E-state index contributed by atoms with van der Waals surface area (Å²) in [5.74, 6) is 0.164. The maximum absolute atomic E-state index is 12.3. The zero-order valence-corrected chi connectivity index (χ0v) is 14.6. The van der Waals surface area contributed by atoms with Crippen LogP contribution in [0.4, 0.5) is 0 Å². The Morgan fingerprint density at radius 2 is 1.33 bits per heavy atom. The van der Waals surface area contributed by atoms with Gasteiger partial charge in [0.1, 0.15) is 0 Å². The van der Waals surface area contributed by atoms with E-state index >= 15 is 0 Å². The van der Waals surface area contributed by atoms with Gasteiger partial charge in [-0.1, -0.05) is 67.5 Å². The van der Waals surface area contributed by atoms with Crippen molar-refractivity contribution in [3.05, 3.63) is 65.7 Å². The van der Waals surface area contributed by atoms with E-state index in [4.69, 9.17) is 5.11 Å². The normalized spacial score (nSPS) is 11.9. The van der Waals surface area contributed by atoms with Gasteiger partial charge in [0.15, 0.2) is 9.84 Å². The summed E-state index contributed by atoms with van der Waals surface area (Å²) in [6, 6.07) is 17.0. The number of rotatable bonds is 9. The number of unbranched alkanes of at least 4 members (excludes halogenated alkanes) is 3. The molecule has 4 heteroatoms. The first-order valence-corrected chi connectivity index (χ1v) is 9.94. The summed E-state index contributed by atoms with van der Waals surface area (Å²) in [5.41, 5.74) is 2.08. The molecular weight excluding hydrogens is 320 g/mol. The molecule has 0 unspecified atom stereocenters. The number of hydrogen-bond acceptors (Lipinski definition) is 3. The van der Waals surface area contributed by atoms with Crippen LogP contribution in [0, 0.1) is 0 Å². The average Bonchev–Trinajstić information content (AvgIpc) is 2.61. The Labute approximate surface area is 144 Å². The zero-order valence-electron chi connectivity index (χ0n) is 13.8. The first-order chi connectivity index (χ1) is 11.6. The van der Waals surface area contributed by atoms with Crippen LogP contribution in [0.2, 0.25) is 0 Å². The lowest BCUT2D eigenvalue weighted by Crippen LogP contribution is -2.06. The monoisotopic (exact) mass is 344 g/mol. The minimum absolute atomic E-state index is 0.164. The van der Waals surface area contributed by atoms with E-state index in [0.717, 1.165) is 30.4 Å². The van der Waals surface area contributed by atoms with Crippen LogP contribution in [-0.4, -0.2) is 25.9 Å². The molecule has 0 atom stereocenters. The molecule has 0 saturated heterocycles. The molecule has 2 aromatic rings. The molecular formula is C20H24O3S. The summed E-state index contributed by atoms with van der Waals surface area (Å²) in [4.78, 5) is 0.376. The van der Waals surface area contributed by atoms with Gasteiger partial charge in [-0.05, 0) is 36.1 Å². The number of hydrogen-bond donors (Lipinski definition) is 1. The van der Waals surface area contributed by atoms with Crippen molar-refractivity contribution in [2.75, 3.05) is 12.4 Å². The second-order valence-corrected chi connectivity index (χ2v) is 7.88. The van der Waals surface area contributed by atoms with Gasteiger partial charge in [0.2, 0.25) is 0 Å². The number of aliphatic hydroxyl groups excluding tert-OH is 1. The van der Waals surface area contributed by atoms with Crippen LogP contribution >= 0.6 is 0 Å². The lowest BCUT2D eigenvalue weighted by molar-refractivity contribution is 0.283. The van der Waals surface area contributed by atoms with Crippen molar-refractivity contribution in [3.8, 4) is 0 Å². The molecule has 3 nitrogen and oxygen atoms in total. The molecule has 2 aromatic carbocycles. The maximum atomic E-state index is 12.3. The minimum atomic E-state index is -3.22. The smallest absolute Gasteiger partial charge is 0.178 e. The van der Waals surface area contributed by atoms with Crippen LogP contribution in [0.3, 0.4) is 0 Å². The SMILES string of the molecule is O=S(=O)(CCCCCCO)c1ccc(/C=C/c2ccccc2)cc1. The van der Waals surface area contributed by atoms with E-state index in [-0.39, 0.29) is 12.4 Å². The van der Waals surface area contributed by atoms with Crippen molar-refractivity contribution in [1.29, 1.82) is 0 Å². The third kappa shape index (κ3) is 5.95. The van der Waals surface area contributed by atoms with Gasteiger partial charge < -0.3 is 5.11 Å². The molecule has 24 heavy (non-hydrogen) atoms. The van der Waals surface area contributed by atoms with E-state index in [1.165, 1.54) is 0 Å². The Morgan fingerprint density at radius 3 is 1.96 bits per heavy atom. The molecule has 0 aliphatic heterocycles. The van der Waals surface area contributed by atoms with Gasteiger partial charge in [-0.15, -0.1) is 0 Å². The van der Waals surface area contributed by atoms with E-state index < -0.39 is 9.84 Å². The van der Waals surface area contributed by atoms with Gasteiger partial charge in [-0.25, -0.2) is 8.42 Å². The number of benzene rings is 2. The Kier molecular flexibility index (Phi) is 7.22. The van der Waals surface area contributed by atoms with Crippen molar-refractivity contribution in [2.45, 2.75) is 30.6 Å². The minimum Gasteiger partial charge on any atom is -0.396 e. The molecule has 128 valence electrons. The van der Waals surface area contributed by atoms with Gasteiger partial charge >= 0.3 is 0 Å². The summed E-state index contributed by atoms with van der Waals surface area (Å²) < 4.78 is 24.6. The van der Waals surface area contributed by atoms with Gasteiger partial charge in [0.25, 0.3) is 0 Å². The van der Waals surface area contributed by atoms with Crippen molar-refractivity contribution >= 4 is 22.0 Å². The van der Waals surface area contributed by atoms with Crippen LogP contribution in [0.25, 0.3) is 12.2 Å². The van der Waals surface area contributed by atoms with E-state index in [1.807, 2.05) is 54.6 Å². The molecule has 0 aliphatic carbocycles. The highest BCUT2D eigenvalue weighted by Crippen LogP contribution is 2.16. The summed E-state index contributed by atoms with van der Waals surface area (Å²) in [6.07, 6.45) is 7.05. The third-order valence-corrected chi connectivity index (χ3v) is 5.64. The van der Waals surface area contributed by atoms with E-state index in [0.29, 0.717) is 11.3 Å². The Bertz CT molecular complexity index is 732. The second kappa shape index (κ2) is 9.40. The molecule has 0 radical (unpaired) electrons. The molecule has 1 N–H and O–H groups in total. The summed E-state index contributed by atoms with van der Waals surface area (Å²) >= 11 is 0. The fraction of sp³-hybridized carbons (Fsp3) is 0.300. The molecule has 2 rings (SSSR count). The lowest BCUT2D eigenvalue weighted by Gasteiger charge is -2.05. The standard InChI is InChI=1S/C20H24O3S/c21-16-6-1-2-7-17-24(22,23)20-14-12-19(13-15-20)11-10-18-8-4-3-5-9-18/h3-5,8-15,21H,1-2,6-7,16-17H2/b11-10+. The van der Waals surface area contributed by atoms with Crippen LogP contribution in [0.5, 0.6) is 0 Å². The Balaban J connectivity index is 1.94. The summed E-state index contributed by atoms with van der Waals surface area (Å²) in [7, 11) is -3.22. The second-order valence-electron chi connectivity index (χ2n) is 5.77. The summed E-state index contributed by atoms with van der Waals surface area (Å²) in [6.45, 7) is 0.171. The highest BCUT2D eigenvalue weighted by molar-refractivity contribution is 7.91. The fourth-order valence-corrected chi connectivity index (χ4v) is 3.79. The van der Waals surface area contributed by atoms with Crippen molar-refractivity contribution < 1.29 is 13.5 Å². The van der Waals surface area contributed by atoms with Crippen LogP contribution < -0.4 is 0 Å².